The van der Waals surface area contributed by atoms with Gasteiger partial charge in [-0.25, -0.2) is 17.2 Å². The van der Waals surface area contributed by atoms with Crippen LogP contribution in [0.2, 0.25) is 0 Å². The summed E-state index contributed by atoms with van der Waals surface area (Å²) in [6, 6.07) is 19.9. The molecule has 1 aliphatic carbocycles. The second-order valence-corrected chi connectivity index (χ2v) is 12.6. The van der Waals surface area contributed by atoms with Gasteiger partial charge in [0.2, 0.25) is 15.8 Å². The largest absolute Gasteiger partial charge is 0.483 e. The van der Waals surface area contributed by atoms with Crippen molar-refractivity contribution in [3.8, 4) is 11.4 Å². The van der Waals surface area contributed by atoms with Gasteiger partial charge in [-0.1, -0.05) is 54.6 Å². The Hall–Kier alpha value is -4.09. The van der Waals surface area contributed by atoms with Gasteiger partial charge in [-0.05, 0) is 41.7 Å². The smallest absolute Gasteiger partial charge is 0.316 e. The van der Waals surface area contributed by atoms with Gasteiger partial charge < -0.3 is 9.64 Å². The minimum Gasteiger partial charge on any atom is -0.483 e. The molecule has 6 rings (SSSR count). The fourth-order valence-corrected chi connectivity index (χ4v) is 7.14. The van der Waals surface area contributed by atoms with E-state index in [0.29, 0.717) is 37.2 Å². The first-order chi connectivity index (χ1) is 20.3. The molecule has 0 bridgehead atoms. The lowest BCUT2D eigenvalue weighted by atomic mass is 9.90. The summed E-state index contributed by atoms with van der Waals surface area (Å²) in [5, 5.41) is 4.24. The van der Waals surface area contributed by atoms with Crippen molar-refractivity contribution < 1.29 is 21.9 Å². The lowest BCUT2D eigenvalue weighted by molar-refractivity contribution is 0.181. The normalized spacial score (nSPS) is 17.6. The molecule has 218 valence electrons. The zero-order chi connectivity index (χ0) is 29.3. The van der Waals surface area contributed by atoms with E-state index in [-0.39, 0.29) is 36.4 Å². The number of fused-ring (bicyclic) bond motifs is 1. The van der Waals surface area contributed by atoms with Crippen LogP contribution in [-0.4, -0.2) is 54.8 Å². The topological polar surface area (TPSA) is 84.7 Å². The third-order valence-electron chi connectivity index (χ3n) is 7.76. The van der Waals surface area contributed by atoms with Crippen molar-refractivity contribution in [3.63, 3.8) is 0 Å². The molecular formula is C31H30F2N4O4S. The van der Waals surface area contributed by atoms with Crippen LogP contribution in [0.1, 0.15) is 23.1 Å². The van der Waals surface area contributed by atoms with Crippen LogP contribution in [0.5, 0.6) is 5.75 Å². The summed E-state index contributed by atoms with van der Waals surface area (Å²) in [4.78, 5) is 15.7. The number of halogens is 2. The predicted molar refractivity (Wildman–Crippen MR) is 155 cm³/mol. The molecule has 1 saturated heterocycles. The van der Waals surface area contributed by atoms with E-state index in [4.69, 9.17) is 4.74 Å². The Balaban J connectivity index is 1.28. The second kappa shape index (κ2) is 11.7. The van der Waals surface area contributed by atoms with Gasteiger partial charge in [-0.2, -0.15) is 14.1 Å². The average Bonchev–Trinajstić information content (AvgIpc) is 2.98. The lowest BCUT2D eigenvalue weighted by Crippen LogP contribution is -2.49. The van der Waals surface area contributed by atoms with E-state index in [2.05, 4.69) is 11.2 Å². The summed E-state index contributed by atoms with van der Waals surface area (Å²) in [6.45, 7) is 1.09. The predicted octanol–water partition coefficient (Wildman–Crippen LogP) is 4.10. The van der Waals surface area contributed by atoms with Crippen LogP contribution in [-0.2, 0) is 28.6 Å². The molecule has 1 aromatic heterocycles. The molecule has 0 spiro atoms. The van der Waals surface area contributed by atoms with Gasteiger partial charge >= 0.3 is 5.56 Å². The Morgan fingerprint density at radius 2 is 1.55 bits per heavy atom. The van der Waals surface area contributed by atoms with Gasteiger partial charge in [0.1, 0.15) is 23.4 Å². The molecule has 1 aliphatic heterocycles. The molecule has 1 fully saturated rings. The zero-order valence-electron chi connectivity index (χ0n) is 22.8. The van der Waals surface area contributed by atoms with E-state index in [1.54, 1.807) is 12.1 Å². The van der Waals surface area contributed by atoms with Crippen molar-refractivity contribution >= 4 is 15.7 Å². The molecule has 11 heteroatoms. The summed E-state index contributed by atoms with van der Waals surface area (Å²) in [6.07, 6.45) is 3.25. The molecule has 1 unspecified atom stereocenters. The van der Waals surface area contributed by atoms with Gasteiger partial charge in [-0.15, -0.1) is 0 Å². The SMILES string of the molecule is O=c1c(OC2CCc3ccccc3C2)c(N2CCN(S(=O)(=O)Cc3ccccc3)CC2)cnn1-c1cc(F)cc(F)c1. The van der Waals surface area contributed by atoms with Crippen molar-refractivity contribution in [1.29, 1.82) is 0 Å². The van der Waals surface area contributed by atoms with Crippen LogP contribution in [0.15, 0.2) is 83.8 Å². The van der Waals surface area contributed by atoms with E-state index < -0.39 is 27.2 Å². The van der Waals surface area contributed by atoms with Gasteiger partial charge in [0.05, 0.1) is 17.6 Å². The van der Waals surface area contributed by atoms with E-state index in [0.717, 1.165) is 34.9 Å². The highest BCUT2D eigenvalue weighted by molar-refractivity contribution is 7.88. The van der Waals surface area contributed by atoms with Crippen LogP contribution in [0.3, 0.4) is 0 Å². The minimum absolute atomic E-state index is 0.0274. The molecule has 4 aromatic rings. The Bertz CT molecular complexity index is 1740. The molecule has 42 heavy (non-hydrogen) atoms. The summed E-state index contributed by atoms with van der Waals surface area (Å²) in [7, 11) is -3.54. The number of nitrogens with zero attached hydrogens (tertiary/aromatic N) is 4. The molecule has 0 saturated carbocycles. The number of benzene rings is 3. The van der Waals surface area contributed by atoms with Crippen LogP contribution >= 0.6 is 0 Å². The first kappa shape index (κ1) is 28.0. The van der Waals surface area contributed by atoms with Crippen molar-refractivity contribution in [2.75, 3.05) is 31.1 Å². The summed E-state index contributed by atoms with van der Waals surface area (Å²) >= 11 is 0. The van der Waals surface area contributed by atoms with Crippen LogP contribution in [0.25, 0.3) is 5.69 Å². The maximum Gasteiger partial charge on any atom is 0.316 e. The molecular weight excluding hydrogens is 562 g/mol. The van der Waals surface area contributed by atoms with Crippen LogP contribution in [0.4, 0.5) is 14.5 Å². The van der Waals surface area contributed by atoms with E-state index >= 15 is 0 Å². The van der Waals surface area contributed by atoms with E-state index in [9.17, 15) is 22.0 Å². The van der Waals surface area contributed by atoms with Crippen molar-refractivity contribution in [3.05, 3.63) is 118 Å². The molecule has 0 radical (unpaired) electrons. The third-order valence-corrected chi connectivity index (χ3v) is 9.61. The van der Waals surface area contributed by atoms with Gasteiger partial charge in [0.15, 0.2) is 0 Å². The lowest BCUT2D eigenvalue weighted by Gasteiger charge is -2.36. The first-order valence-electron chi connectivity index (χ1n) is 13.9. The Morgan fingerprint density at radius 1 is 0.881 bits per heavy atom. The molecule has 3 aromatic carbocycles. The summed E-state index contributed by atoms with van der Waals surface area (Å²) in [5.41, 5.74) is 2.83. The second-order valence-electron chi connectivity index (χ2n) is 10.6. The van der Waals surface area contributed by atoms with Gasteiger partial charge in [0.25, 0.3) is 0 Å². The quantitative estimate of drug-likeness (QED) is 0.322. The monoisotopic (exact) mass is 592 g/mol. The van der Waals surface area contributed by atoms with Crippen molar-refractivity contribution in [1.82, 2.24) is 14.1 Å². The van der Waals surface area contributed by atoms with E-state index in [1.807, 2.05) is 41.3 Å². The molecule has 2 aliphatic rings. The number of ether oxygens (including phenoxy) is 1. The van der Waals surface area contributed by atoms with Gasteiger partial charge in [0, 0.05) is 38.7 Å². The highest BCUT2D eigenvalue weighted by Gasteiger charge is 2.31. The fourth-order valence-electron chi connectivity index (χ4n) is 5.63. The van der Waals surface area contributed by atoms with Crippen molar-refractivity contribution in [2.45, 2.75) is 31.1 Å². The van der Waals surface area contributed by atoms with Crippen molar-refractivity contribution in [2.24, 2.45) is 0 Å². The number of sulfonamides is 1. The maximum atomic E-state index is 14.0. The Morgan fingerprint density at radius 3 is 2.26 bits per heavy atom. The third kappa shape index (κ3) is 5.93. The number of hydrogen-bond donors (Lipinski definition) is 0. The average molecular weight is 593 g/mol. The van der Waals surface area contributed by atoms with Crippen LogP contribution in [0, 0.1) is 11.6 Å². The summed E-state index contributed by atoms with van der Waals surface area (Å²) < 4.78 is 63.0. The summed E-state index contributed by atoms with van der Waals surface area (Å²) in [5.74, 6) is -1.73. The molecule has 0 amide bonds. The Kier molecular flexibility index (Phi) is 7.78. The van der Waals surface area contributed by atoms with Gasteiger partial charge in [-0.3, -0.25) is 4.79 Å². The number of rotatable bonds is 7. The number of anilines is 1. The Labute approximate surface area is 242 Å². The number of hydrogen-bond acceptors (Lipinski definition) is 6. The molecule has 1 atom stereocenters. The van der Waals surface area contributed by atoms with E-state index in [1.165, 1.54) is 16.1 Å². The highest BCUT2D eigenvalue weighted by Crippen LogP contribution is 2.30. The molecule has 8 nitrogen and oxygen atoms in total. The molecule has 2 heterocycles. The minimum atomic E-state index is -3.54. The standard InChI is InChI=1S/C31H30F2N4O4S/c32-25-17-26(33)19-27(18-25)37-31(38)30(41-28-11-10-23-8-4-5-9-24(23)16-28)29(20-34-37)35-12-14-36(15-13-35)42(39,40)21-22-6-2-1-3-7-22/h1-9,17-20,28H,10-16,21H2. The zero-order valence-corrected chi connectivity index (χ0v) is 23.6. The fraction of sp³-hybridized carbons (Fsp3) is 0.290. The maximum absolute atomic E-state index is 14.0. The van der Waals surface area contributed by atoms with Crippen LogP contribution < -0.4 is 15.2 Å². The first-order valence-corrected chi connectivity index (χ1v) is 15.5. The number of aromatic nitrogens is 2. The number of piperazine rings is 1. The molecule has 0 N–H and O–H groups in total. The highest BCUT2D eigenvalue weighted by atomic mass is 32.2. The number of aryl methyl sites for hydroxylation is 1.